The molecule has 1 aromatic heterocycles. The molecule has 2 rings (SSSR count). The zero-order chi connectivity index (χ0) is 9.26. The summed E-state index contributed by atoms with van der Waals surface area (Å²) in [7, 11) is 2.14. The summed E-state index contributed by atoms with van der Waals surface area (Å²) in [6.45, 7) is 2.22. The maximum atomic E-state index is 5.29. The lowest BCUT2D eigenvalue weighted by molar-refractivity contribution is 0.236. The maximum absolute atomic E-state index is 5.29. The van der Waals surface area contributed by atoms with Gasteiger partial charge in [-0.05, 0) is 45.2 Å². The maximum Gasteiger partial charge on any atom is 0.284 e. The number of likely N-dealkylation sites (tertiary alicyclic amines) is 1. The van der Waals surface area contributed by atoms with Crippen molar-refractivity contribution in [1.82, 2.24) is 15.1 Å². The van der Waals surface area contributed by atoms with Gasteiger partial charge in [0.1, 0.15) is 0 Å². The van der Waals surface area contributed by atoms with Crippen LogP contribution in [0.25, 0.3) is 0 Å². The van der Waals surface area contributed by atoms with E-state index in [-0.39, 0.29) is 0 Å². The van der Waals surface area contributed by atoms with Crippen LogP contribution in [0.4, 0.5) is 0 Å². The molecule has 1 saturated heterocycles. The number of aromatic nitrogens is 2. The van der Waals surface area contributed by atoms with Gasteiger partial charge in [-0.25, -0.2) is 5.10 Å². The molecule has 1 aliphatic heterocycles. The van der Waals surface area contributed by atoms with Gasteiger partial charge in [0.15, 0.2) is 0 Å². The first-order valence-corrected chi connectivity index (χ1v) is 4.90. The van der Waals surface area contributed by atoms with E-state index in [2.05, 4.69) is 22.1 Å². The molecular weight excluding hydrogens is 186 g/mol. The summed E-state index contributed by atoms with van der Waals surface area (Å²) < 4.78 is 5.29. The van der Waals surface area contributed by atoms with Crippen LogP contribution in [0.15, 0.2) is 4.42 Å². The largest absolute Gasteiger partial charge is 0.414 e. The molecule has 0 spiro atoms. The second-order valence-corrected chi connectivity index (χ2v) is 3.90. The lowest BCUT2D eigenvalue weighted by Gasteiger charge is -2.26. The van der Waals surface area contributed by atoms with Gasteiger partial charge in [-0.15, -0.1) is 5.10 Å². The Morgan fingerprint density at radius 2 is 2.23 bits per heavy atom. The highest BCUT2D eigenvalue weighted by atomic mass is 32.1. The second-order valence-electron chi connectivity index (χ2n) is 3.53. The van der Waals surface area contributed by atoms with Gasteiger partial charge in [-0.3, -0.25) is 0 Å². The molecule has 0 saturated carbocycles. The van der Waals surface area contributed by atoms with Crippen molar-refractivity contribution >= 4 is 12.2 Å². The Hall–Kier alpha value is -0.680. The normalized spacial score (nSPS) is 20.7. The minimum atomic E-state index is 0.383. The molecule has 0 amide bonds. The number of nitrogens with zero attached hydrogens (tertiary/aromatic N) is 2. The number of aromatic amines is 1. The van der Waals surface area contributed by atoms with Crippen LogP contribution in [0.5, 0.6) is 0 Å². The zero-order valence-electron chi connectivity index (χ0n) is 7.62. The van der Waals surface area contributed by atoms with Crippen LogP contribution in [-0.2, 0) is 0 Å². The van der Waals surface area contributed by atoms with Gasteiger partial charge < -0.3 is 9.32 Å². The predicted molar refractivity (Wildman–Crippen MR) is 51.2 cm³/mol. The van der Waals surface area contributed by atoms with Gasteiger partial charge in [0, 0.05) is 5.92 Å². The summed E-state index contributed by atoms with van der Waals surface area (Å²) in [5, 5.41) is 6.71. The Morgan fingerprint density at radius 1 is 1.54 bits per heavy atom. The molecule has 1 N–H and O–H groups in total. The van der Waals surface area contributed by atoms with Gasteiger partial charge >= 0.3 is 0 Å². The minimum absolute atomic E-state index is 0.383. The third-order valence-corrected chi connectivity index (χ3v) is 2.70. The molecule has 0 aliphatic carbocycles. The molecule has 72 valence electrons. The van der Waals surface area contributed by atoms with Crippen molar-refractivity contribution in [2.45, 2.75) is 18.8 Å². The number of nitrogens with one attached hydrogen (secondary N) is 1. The molecule has 4 nitrogen and oxygen atoms in total. The third kappa shape index (κ3) is 1.97. The predicted octanol–water partition coefficient (Wildman–Crippen LogP) is 1.54. The first-order chi connectivity index (χ1) is 6.25. The fraction of sp³-hybridized carbons (Fsp3) is 0.750. The Bertz CT molecular complexity index is 324. The third-order valence-electron chi connectivity index (χ3n) is 2.52. The highest BCUT2D eigenvalue weighted by molar-refractivity contribution is 7.71. The summed E-state index contributed by atoms with van der Waals surface area (Å²) in [5.74, 6) is 1.22. The van der Waals surface area contributed by atoms with Gasteiger partial charge in [-0.2, -0.15) is 0 Å². The van der Waals surface area contributed by atoms with E-state index in [1.165, 1.54) is 0 Å². The molecule has 13 heavy (non-hydrogen) atoms. The Kier molecular flexibility index (Phi) is 2.46. The number of H-pyrrole nitrogens is 1. The molecule has 0 bridgehead atoms. The summed E-state index contributed by atoms with van der Waals surface area (Å²) >= 11 is 4.83. The molecule has 0 atom stereocenters. The Balaban J connectivity index is 2.06. The standard InChI is InChI=1S/C8H13N3OS/c1-11-4-2-6(3-5-11)7-9-10-8(13)12-7/h6H,2-5H2,1H3,(H,10,13). The van der Waals surface area contributed by atoms with E-state index in [1.807, 2.05) is 0 Å². The smallest absolute Gasteiger partial charge is 0.284 e. The number of piperidine rings is 1. The molecular formula is C8H13N3OS. The molecule has 2 heterocycles. The molecule has 0 radical (unpaired) electrons. The zero-order valence-corrected chi connectivity index (χ0v) is 8.43. The van der Waals surface area contributed by atoms with Crippen molar-refractivity contribution in [2.75, 3.05) is 20.1 Å². The van der Waals surface area contributed by atoms with Crippen molar-refractivity contribution in [3.05, 3.63) is 10.7 Å². The second kappa shape index (κ2) is 3.59. The van der Waals surface area contributed by atoms with Crippen LogP contribution in [0.1, 0.15) is 24.7 Å². The molecule has 1 fully saturated rings. The Morgan fingerprint density at radius 3 is 2.77 bits per heavy atom. The monoisotopic (exact) mass is 199 g/mol. The summed E-state index contributed by atoms with van der Waals surface area (Å²) in [6.07, 6.45) is 2.22. The highest BCUT2D eigenvalue weighted by Crippen LogP contribution is 2.25. The van der Waals surface area contributed by atoms with E-state index in [9.17, 15) is 0 Å². The van der Waals surface area contributed by atoms with Crippen molar-refractivity contribution in [2.24, 2.45) is 0 Å². The van der Waals surface area contributed by atoms with Crippen molar-refractivity contribution in [1.29, 1.82) is 0 Å². The molecule has 0 aromatic carbocycles. The lowest BCUT2D eigenvalue weighted by atomic mass is 9.97. The molecule has 1 aromatic rings. The lowest BCUT2D eigenvalue weighted by Crippen LogP contribution is -2.29. The van der Waals surface area contributed by atoms with E-state index >= 15 is 0 Å². The molecule has 0 unspecified atom stereocenters. The van der Waals surface area contributed by atoms with Crippen LogP contribution in [0, 0.1) is 4.84 Å². The van der Waals surface area contributed by atoms with Crippen LogP contribution >= 0.6 is 12.2 Å². The van der Waals surface area contributed by atoms with Crippen LogP contribution in [0.2, 0.25) is 0 Å². The van der Waals surface area contributed by atoms with Crippen LogP contribution in [0.3, 0.4) is 0 Å². The van der Waals surface area contributed by atoms with E-state index < -0.39 is 0 Å². The first-order valence-electron chi connectivity index (χ1n) is 4.49. The SMILES string of the molecule is CN1CCC(c2n[nH]c(=S)o2)CC1. The van der Waals surface area contributed by atoms with Crippen molar-refractivity contribution in [3.63, 3.8) is 0 Å². The summed E-state index contributed by atoms with van der Waals surface area (Å²) in [6, 6.07) is 0. The van der Waals surface area contributed by atoms with Crippen molar-refractivity contribution < 1.29 is 4.42 Å². The minimum Gasteiger partial charge on any atom is -0.414 e. The van der Waals surface area contributed by atoms with Gasteiger partial charge in [0.25, 0.3) is 4.84 Å². The number of rotatable bonds is 1. The van der Waals surface area contributed by atoms with Gasteiger partial charge in [-0.1, -0.05) is 0 Å². The number of hydrogen-bond acceptors (Lipinski definition) is 4. The van der Waals surface area contributed by atoms with Crippen LogP contribution in [-0.4, -0.2) is 35.2 Å². The fourth-order valence-corrected chi connectivity index (χ4v) is 1.80. The van der Waals surface area contributed by atoms with Gasteiger partial charge in [0.2, 0.25) is 5.89 Å². The van der Waals surface area contributed by atoms with Gasteiger partial charge in [0.05, 0.1) is 0 Å². The summed E-state index contributed by atoms with van der Waals surface area (Å²) in [5.41, 5.74) is 0. The first kappa shape index (κ1) is 8.90. The van der Waals surface area contributed by atoms with E-state index in [1.54, 1.807) is 0 Å². The molecule has 5 heteroatoms. The average molecular weight is 199 g/mol. The Labute approximate surface area is 81.9 Å². The topological polar surface area (TPSA) is 45.1 Å². The fourth-order valence-electron chi connectivity index (χ4n) is 1.67. The van der Waals surface area contributed by atoms with E-state index in [4.69, 9.17) is 16.6 Å². The van der Waals surface area contributed by atoms with Crippen LogP contribution < -0.4 is 0 Å². The quantitative estimate of drug-likeness (QED) is 0.697. The summed E-state index contributed by atoms with van der Waals surface area (Å²) in [4.78, 5) is 2.70. The van der Waals surface area contributed by atoms with E-state index in [0.717, 1.165) is 31.8 Å². The molecule has 1 aliphatic rings. The van der Waals surface area contributed by atoms with Crippen molar-refractivity contribution in [3.8, 4) is 0 Å². The number of hydrogen-bond donors (Lipinski definition) is 1. The highest BCUT2D eigenvalue weighted by Gasteiger charge is 2.21. The van der Waals surface area contributed by atoms with E-state index in [0.29, 0.717) is 10.8 Å². The average Bonchev–Trinajstić information content (AvgIpc) is 2.53.